The maximum absolute atomic E-state index is 10.2. The van der Waals surface area contributed by atoms with Gasteiger partial charge < -0.3 is 0 Å². The van der Waals surface area contributed by atoms with E-state index in [0.717, 1.165) is 11.5 Å². The summed E-state index contributed by atoms with van der Waals surface area (Å²) in [4.78, 5) is 20.5. The van der Waals surface area contributed by atoms with Crippen molar-refractivity contribution in [3.63, 3.8) is 0 Å². The van der Waals surface area contributed by atoms with Crippen molar-refractivity contribution in [1.82, 2.24) is 4.37 Å². The van der Waals surface area contributed by atoms with Crippen molar-refractivity contribution in [3.8, 4) is 0 Å². The Balaban J connectivity index is 3.59. The van der Waals surface area contributed by atoms with E-state index in [2.05, 4.69) is 10.4 Å². The maximum Gasteiger partial charge on any atom is 0.305 e. The summed E-state index contributed by atoms with van der Waals surface area (Å²) in [5.74, 6) is 0. The average Bonchev–Trinajstić information content (AvgIpc) is 1.77. The van der Waals surface area contributed by atoms with Crippen LogP contribution in [0.1, 0.15) is 0 Å². The minimum absolute atomic E-state index is 0.600. The molecule has 8 heavy (non-hydrogen) atoms. The lowest BCUT2D eigenvalue weighted by atomic mass is 10.6. The molecule has 3 nitrogen and oxygen atoms in total. The topological polar surface area (TPSA) is 49.9 Å². The van der Waals surface area contributed by atoms with Crippen molar-refractivity contribution in [2.45, 2.75) is 0 Å². The van der Waals surface area contributed by atoms with Crippen LogP contribution in [0, 0.1) is 6.07 Å². The highest BCUT2D eigenvalue weighted by molar-refractivity contribution is 7.03. The molecule has 1 rings (SSSR count). The summed E-state index contributed by atoms with van der Waals surface area (Å²) in [6, 6.07) is 2.22. The Bertz CT molecular complexity index is 245. The number of aromatic amines is 1. The minimum atomic E-state index is -0.608. The van der Waals surface area contributed by atoms with Gasteiger partial charge in [0, 0.05) is 5.38 Å². The number of aromatic nitrogens is 1. The Morgan fingerprint density at radius 1 is 1.62 bits per heavy atom. The molecule has 1 N–H and O–H groups in total. The van der Waals surface area contributed by atoms with E-state index in [-0.39, 0.29) is 0 Å². The number of hydrogen-bond donors (Lipinski definition) is 1. The Labute approximate surface area is 48.8 Å². The number of hydrogen-bond acceptors (Lipinski definition) is 3. The summed E-state index contributed by atoms with van der Waals surface area (Å²) in [6.07, 6.45) is 0. The van der Waals surface area contributed by atoms with Gasteiger partial charge in [0.25, 0.3) is 5.43 Å². The van der Waals surface area contributed by atoms with Crippen molar-refractivity contribution < 1.29 is 0 Å². The molecule has 1 aromatic heterocycles. The fourth-order valence-electron chi connectivity index (χ4n) is 0.278. The zero-order chi connectivity index (χ0) is 5.98. The van der Waals surface area contributed by atoms with Crippen molar-refractivity contribution >= 4 is 11.5 Å². The van der Waals surface area contributed by atoms with Gasteiger partial charge in [-0.1, -0.05) is 11.5 Å². The molecule has 0 saturated carbocycles. The second-order valence-corrected chi connectivity index (χ2v) is 1.82. The molecule has 0 aliphatic heterocycles. The first-order valence-electron chi connectivity index (χ1n) is 1.89. The van der Waals surface area contributed by atoms with Crippen LogP contribution in [0.25, 0.3) is 0 Å². The van der Waals surface area contributed by atoms with E-state index < -0.39 is 11.0 Å². The molecular formula is C4H2NO2S. The Kier molecular flexibility index (Phi) is 1.26. The number of rotatable bonds is 0. The molecule has 0 aliphatic carbocycles. The van der Waals surface area contributed by atoms with Gasteiger partial charge in [0.1, 0.15) is 0 Å². The summed E-state index contributed by atoms with van der Waals surface area (Å²) in [7, 11) is 0. The predicted molar refractivity (Wildman–Crippen MR) is 30.0 cm³/mol. The van der Waals surface area contributed by atoms with Crippen molar-refractivity contribution in [2.75, 3.05) is 0 Å². The highest BCUT2D eigenvalue weighted by Gasteiger charge is 1.85. The van der Waals surface area contributed by atoms with E-state index in [1.807, 2.05) is 0 Å². The van der Waals surface area contributed by atoms with Gasteiger partial charge in [-0.15, -0.1) is 0 Å². The van der Waals surface area contributed by atoms with Gasteiger partial charge >= 0.3 is 5.56 Å². The average molecular weight is 128 g/mol. The van der Waals surface area contributed by atoms with Crippen molar-refractivity contribution in [3.05, 3.63) is 32.0 Å². The molecule has 4 heteroatoms. The van der Waals surface area contributed by atoms with E-state index in [9.17, 15) is 9.59 Å². The van der Waals surface area contributed by atoms with Gasteiger partial charge in [0.15, 0.2) is 0 Å². The van der Waals surface area contributed by atoms with Gasteiger partial charge in [-0.05, 0) is 0 Å². The molecule has 41 valence electrons. The van der Waals surface area contributed by atoms with Gasteiger partial charge in [-0.3, -0.25) is 14.0 Å². The third kappa shape index (κ3) is 0.840. The lowest BCUT2D eigenvalue weighted by Gasteiger charge is -1.71. The SMILES string of the molecule is O=c1[c]cs[nH]c1=O. The van der Waals surface area contributed by atoms with Crippen LogP contribution in [0.5, 0.6) is 0 Å². The molecule has 0 aliphatic rings. The first kappa shape index (κ1) is 5.24. The maximum atomic E-state index is 10.2. The van der Waals surface area contributed by atoms with Crippen LogP contribution in [0.3, 0.4) is 0 Å². The van der Waals surface area contributed by atoms with Crippen LogP contribution < -0.4 is 11.0 Å². The lowest BCUT2D eigenvalue weighted by Crippen LogP contribution is -2.23. The quantitative estimate of drug-likeness (QED) is 0.483. The van der Waals surface area contributed by atoms with Crippen molar-refractivity contribution in [2.24, 2.45) is 0 Å². The summed E-state index contributed by atoms with van der Waals surface area (Å²) in [5, 5.41) is 1.41. The molecule has 0 unspecified atom stereocenters. The van der Waals surface area contributed by atoms with Crippen LogP contribution in [0.15, 0.2) is 15.0 Å². The van der Waals surface area contributed by atoms with Crippen LogP contribution >= 0.6 is 11.5 Å². The third-order valence-electron chi connectivity index (χ3n) is 0.607. The van der Waals surface area contributed by atoms with Gasteiger partial charge in [0.05, 0.1) is 6.07 Å². The molecule has 1 aromatic rings. The summed E-state index contributed by atoms with van der Waals surface area (Å²) in [6.45, 7) is 0. The molecule has 1 heterocycles. The van der Waals surface area contributed by atoms with Gasteiger partial charge in [0.2, 0.25) is 0 Å². The Morgan fingerprint density at radius 3 is 2.75 bits per heavy atom. The predicted octanol–water partition coefficient (Wildman–Crippen LogP) is -0.403. The zero-order valence-corrected chi connectivity index (χ0v) is 4.62. The van der Waals surface area contributed by atoms with Gasteiger partial charge in [-0.25, -0.2) is 0 Å². The van der Waals surface area contributed by atoms with E-state index in [1.165, 1.54) is 5.38 Å². The second kappa shape index (κ2) is 1.92. The molecule has 0 atom stereocenters. The van der Waals surface area contributed by atoms with Crippen LogP contribution in [-0.4, -0.2) is 4.37 Å². The smallest absolute Gasteiger partial charge is 0.283 e. The molecule has 0 fully saturated rings. The zero-order valence-electron chi connectivity index (χ0n) is 3.80. The Hall–Kier alpha value is -0.900. The summed E-state index contributed by atoms with van der Waals surface area (Å²) >= 11 is 1.05. The van der Waals surface area contributed by atoms with Crippen molar-refractivity contribution in [1.29, 1.82) is 0 Å². The monoisotopic (exact) mass is 128 g/mol. The summed E-state index contributed by atoms with van der Waals surface area (Å²) < 4.78 is 2.24. The van der Waals surface area contributed by atoms with Crippen LogP contribution in [-0.2, 0) is 0 Å². The van der Waals surface area contributed by atoms with Crippen LogP contribution in [0.4, 0.5) is 0 Å². The van der Waals surface area contributed by atoms with Crippen LogP contribution in [0.2, 0.25) is 0 Å². The fraction of sp³-hybridized carbons (Fsp3) is 0. The molecular weight excluding hydrogens is 126 g/mol. The van der Waals surface area contributed by atoms with E-state index in [4.69, 9.17) is 0 Å². The molecule has 0 bridgehead atoms. The largest absolute Gasteiger partial charge is 0.305 e. The van der Waals surface area contributed by atoms with Gasteiger partial charge in [-0.2, -0.15) is 0 Å². The molecule has 0 aromatic carbocycles. The molecule has 1 radical (unpaired) electrons. The third-order valence-corrected chi connectivity index (χ3v) is 1.15. The normalized spacial score (nSPS) is 9.00. The second-order valence-electron chi connectivity index (χ2n) is 1.14. The summed E-state index contributed by atoms with van der Waals surface area (Å²) in [5.41, 5.74) is -1.21. The molecule has 0 amide bonds. The van der Waals surface area contributed by atoms with E-state index >= 15 is 0 Å². The molecule has 0 spiro atoms. The molecule has 0 saturated heterocycles. The highest BCUT2D eigenvalue weighted by atomic mass is 32.1. The first-order valence-corrected chi connectivity index (χ1v) is 2.77. The Morgan fingerprint density at radius 2 is 2.38 bits per heavy atom. The first-order chi connectivity index (χ1) is 3.80. The standard InChI is InChI=1S/C4H2NO2S/c6-3-1-2-8-5-4(3)7/h2H,(H,5,7). The number of H-pyrrole nitrogens is 1. The number of nitrogens with one attached hydrogen (secondary N) is 1. The van der Waals surface area contributed by atoms with E-state index in [1.54, 1.807) is 0 Å². The highest BCUT2D eigenvalue weighted by Crippen LogP contribution is 1.72. The minimum Gasteiger partial charge on any atom is -0.283 e. The fourth-order valence-corrected chi connectivity index (χ4v) is 0.702. The lowest BCUT2D eigenvalue weighted by molar-refractivity contribution is 1.32. The van der Waals surface area contributed by atoms with E-state index in [0.29, 0.717) is 0 Å².